The van der Waals surface area contributed by atoms with Crippen LogP contribution in [0.5, 0.6) is 0 Å². The fourth-order valence-electron chi connectivity index (χ4n) is 0.0778. The molecule has 0 aliphatic rings. The van der Waals surface area contributed by atoms with Crippen LogP contribution in [0.15, 0.2) is 0 Å². The van der Waals surface area contributed by atoms with Crippen molar-refractivity contribution in [1.29, 1.82) is 0 Å². The standard InChI is InChI=1S/C2H2F4S.Ag/c3-1(4)7-2(5)6;/h1-2H;. The average molecular weight is 242 g/mol. The van der Waals surface area contributed by atoms with Gasteiger partial charge in [-0.15, -0.1) is 0 Å². The molecule has 6 heteroatoms. The van der Waals surface area contributed by atoms with Crippen molar-refractivity contribution in [3.05, 3.63) is 0 Å². The molecule has 0 nitrogen and oxygen atoms in total. The molecule has 55 valence electrons. The Kier molecular flexibility index (Phi) is 8.60. The van der Waals surface area contributed by atoms with Crippen LogP contribution in [0.2, 0.25) is 0 Å². The number of halogens is 4. The maximum absolute atomic E-state index is 10.8. The van der Waals surface area contributed by atoms with Gasteiger partial charge in [0.15, 0.2) is 0 Å². The topological polar surface area (TPSA) is 0 Å². The van der Waals surface area contributed by atoms with Gasteiger partial charge in [0.25, 0.3) is 11.5 Å². The van der Waals surface area contributed by atoms with Gasteiger partial charge in [-0.2, -0.15) is 17.6 Å². The minimum absolute atomic E-state index is 0. The summed E-state index contributed by atoms with van der Waals surface area (Å²) in [4.78, 5) is 0. The van der Waals surface area contributed by atoms with E-state index in [4.69, 9.17) is 0 Å². The summed E-state index contributed by atoms with van der Waals surface area (Å²) < 4.78 is 43.1. The van der Waals surface area contributed by atoms with Crippen molar-refractivity contribution in [2.75, 3.05) is 0 Å². The molecule has 0 aromatic carbocycles. The van der Waals surface area contributed by atoms with Gasteiger partial charge in [0.05, 0.1) is 0 Å². The molecule has 0 saturated heterocycles. The molecule has 0 amide bonds. The first kappa shape index (κ1) is 11.6. The molecule has 0 heterocycles. The summed E-state index contributed by atoms with van der Waals surface area (Å²) in [7, 11) is 0. The van der Waals surface area contributed by atoms with Gasteiger partial charge in [0, 0.05) is 22.4 Å². The van der Waals surface area contributed by atoms with Crippen LogP contribution < -0.4 is 0 Å². The van der Waals surface area contributed by atoms with E-state index in [9.17, 15) is 17.6 Å². The Morgan fingerprint density at radius 1 is 0.875 bits per heavy atom. The number of hydrogen-bond donors (Lipinski definition) is 0. The molecule has 0 rings (SSSR count). The molecule has 0 aromatic rings. The van der Waals surface area contributed by atoms with Crippen LogP contribution in [0.4, 0.5) is 17.6 Å². The minimum Gasteiger partial charge on any atom is -0.198 e. The van der Waals surface area contributed by atoms with Crippen molar-refractivity contribution >= 4 is 11.8 Å². The summed E-state index contributed by atoms with van der Waals surface area (Å²) in [5, 5.41) is 0. The van der Waals surface area contributed by atoms with Gasteiger partial charge in [-0.05, 0) is 11.8 Å². The Labute approximate surface area is 63.5 Å². The number of thioether (sulfide) groups is 1. The van der Waals surface area contributed by atoms with Gasteiger partial charge < -0.3 is 0 Å². The van der Waals surface area contributed by atoms with Crippen LogP contribution in [0.1, 0.15) is 0 Å². The summed E-state index contributed by atoms with van der Waals surface area (Å²) in [6.45, 7) is 0. The molecular weight excluding hydrogens is 240 g/mol. The molecule has 0 saturated carbocycles. The molecule has 0 bridgehead atoms. The van der Waals surface area contributed by atoms with Gasteiger partial charge in [-0.25, -0.2) is 0 Å². The fraction of sp³-hybridized carbons (Fsp3) is 1.00. The first-order chi connectivity index (χ1) is 3.13. The summed E-state index contributed by atoms with van der Waals surface area (Å²) in [5.41, 5.74) is 0. The van der Waals surface area contributed by atoms with Crippen LogP contribution in [0, 0.1) is 0 Å². The molecule has 0 aliphatic heterocycles. The predicted molar refractivity (Wildman–Crippen MR) is 19.6 cm³/mol. The van der Waals surface area contributed by atoms with E-state index in [1.54, 1.807) is 0 Å². The van der Waals surface area contributed by atoms with E-state index in [1.165, 1.54) is 0 Å². The third-order valence-corrected chi connectivity index (χ3v) is 0.617. The van der Waals surface area contributed by atoms with E-state index in [2.05, 4.69) is 0 Å². The van der Waals surface area contributed by atoms with Crippen LogP contribution in [0.3, 0.4) is 0 Å². The molecule has 0 N–H and O–H groups in total. The average Bonchev–Trinajstić information content (AvgIpc) is 1.27. The Balaban J connectivity index is 0. The normalized spacial score (nSPS) is 9.75. The van der Waals surface area contributed by atoms with E-state index in [-0.39, 0.29) is 22.4 Å². The van der Waals surface area contributed by atoms with Gasteiger partial charge in [0.1, 0.15) is 0 Å². The van der Waals surface area contributed by atoms with Gasteiger partial charge in [0.2, 0.25) is 0 Å². The summed E-state index contributed by atoms with van der Waals surface area (Å²) in [5.74, 6) is -5.92. The van der Waals surface area contributed by atoms with Gasteiger partial charge >= 0.3 is 0 Å². The van der Waals surface area contributed by atoms with Crippen LogP contribution in [0.25, 0.3) is 0 Å². The predicted octanol–water partition coefficient (Wildman–Crippen LogP) is 2.16. The minimum atomic E-state index is -2.96. The van der Waals surface area contributed by atoms with Crippen molar-refractivity contribution in [2.45, 2.75) is 11.5 Å². The molecule has 8 heavy (non-hydrogen) atoms. The van der Waals surface area contributed by atoms with Crippen LogP contribution in [-0.4, -0.2) is 11.5 Å². The fourth-order valence-corrected chi connectivity index (χ4v) is 0.233. The van der Waals surface area contributed by atoms with Crippen molar-refractivity contribution in [1.82, 2.24) is 0 Å². The third kappa shape index (κ3) is 9.94. The third-order valence-electron chi connectivity index (χ3n) is 0.206. The number of alkyl halides is 4. The van der Waals surface area contributed by atoms with Crippen LogP contribution >= 0.6 is 11.8 Å². The van der Waals surface area contributed by atoms with E-state index in [0.29, 0.717) is 0 Å². The van der Waals surface area contributed by atoms with E-state index in [0.717, 1.165) is 0 Å². The first-order valence-corrected chi connectivity index (χ1v) is 2.29. The molecule has 0 aromatic heterocycles. The molecule has 1 radical (unpaired) electrons. The van der Waals surface area contributed by atoms with Gasteiger partial charge in [-0.3, -0.25) is 0 Å². The second-order valence-electron chi connectivity index (χ2n) is 0.657. The molecule has 0 unspecified atom stereocenters. The van der Waals surface area contributed by atoms with E-state index < -0.39 is 23.3 Å². The number of hydrogen-bond acceptors (Lipinski definition) is 1. The zero-order chi connectivity index (χ0) is 5.86. The number of rotatable bonds is 2. The van der Waals surface area contributed by atoms with Crippen molar-refractivity contribution in [3.63, 3.8) is 0 Å². The second-order valence-corrected chi connectivity index (χ2v) is 1.64. The first-order valence-electron chi connectivity index (χ1n) is 1.34. The van der Waals surface area contributed by atoms with Gasteiger partial charge in [-0.1, -0.05) is 0 Å². The summed E-state index contributed by atoms with van der Waals surface area (Å²) in [6, 6.07) is 0. The van der Waals surface area contributed by atoms with E-state index >= 15 is 0 Å². The summed E-state index contributed by atoms with van der Waals surface area (Å²) >= 11 is -0.657. The Morgan fingerprint density at radius 2 is 1.12 bits per heavy atom. The van der Waals surface area contributed by atoms with Crippen molar-refractivity contribution in [2.24, 2.45) is 0 Å². The van der Waals surface area contributed by atoms with Crippen LogP contribution in [-0.2, 0) is 22.4 Å². The molecule has 0 spiro atoms. The zero-order valence-electron chi connectivity index (χ0n) is 3.38. The molecule has 0 aliphatic carbocycles. The second kappa shape index (κ2) is 5.94. The zero-order valence-corrected chi connectivity index (χ0v) is 5.68. The maximum atomic E-state index is 10.8. The Hall–Kier alpha value is 0.810. The largest absolute Gasteiger partial charge is 0.289 e. The molecule has 0 atom stereocenters. The smallest absolute Gasteiger partial charge is 0.198 e. The molecule has 0 fully saturated rings. The monoisotopic (exact) mass is 241 g/mol. The summed E-state index contributed by atoms with van der Waals surface area (Å²) in [6.07, 6.45) is 0. The van der Waals surface area contributed by atoms with Crippen molar-refractivity contribution < 1.29 is 39.9 Å². The molecular formula is C2H2AgF4S. The Morgan fingerprint density at radius 3 is 1.12 bits per heavy atom. The Bertz CT molecular complexity index is 43.3. The maximum Gasteiger partial charge on any atom is 0.289 e. The van der Waals surface area contributed by atoms with E-state index in [1.807, 2.05) is 0 Å². The van der Waals surface area contributed by atoms with Crippen molar-refractivity contribution in [3.8, 4) is 0 Å². The SMILES string of the molecule is FC(F)SC(F)F.[Ag]. The quantitative estimate of drug-likeness (QED) is 0.528.